The van der Waals surface area contributed by atoms with E-state index in [0.29, 0.717) is 20.8 Å². The molecule has 24 heavy (non-hydrogen) atoms. The van der Waals surface area contributed by atoms with Crippen molar-refractivity contribution < 1.29 is 17.6 Å². The van der Waals surface area contributed by atoms with Gasteiger partial charge in [-0.25, -0.2) is 9.07 Å². The number of anilines is 1. The van der Waals surface area contributed by atoms with Crippen molar-refractivity contribution in [2.75, 3.05) is 5.73 Å². The standard InChI is InChI=1S/C16H10ClF4N3/c17-11-3-1-2-9(6-11)10-4-5-12(18)14(7-10)24-15(16(19,20)21)13(22)8-23-24/h1-8H,22H2. The fourth-order valence-corrected chi connectivity index (χ4v) is 2.54. The van der Waals surface area contributed by atoms with E-state index in [-0.39, 0.29) is 5.69 Å². The van der Waals surface area contributed by atoms with Gasteiger partial charge in [0.25, 0.3) is 0 Å². The molecule has 0 aliphatic rings. The maximum Gasteiger partial charge on any atom is 0.435 e. The largest absolute Gasteiger partial charge is 0.435 e. The quantitative estimate of drug-likeness (QED) is 0.662. The Balaban J connectivity index is 2.18. The predicted molar refractivity (Wildman–Crippen MR) is 83.4 cm³/mol. The lowest BCUT2D eigenvalue weighted by Gasteiger charge is -2.13. The first kappa shape index (κ1) is 16.3. The van der Waals surface area contributed by atoms with Gasteiger partial charge in [0, 0.05) is 5.02 Å². The molecule has 0 unspecified atom stereocenters. The average Bonchev–Trinajstić information content (AvgIpc) is 2.89. The molecule has 124 valence electrons. The van der Waals surface area contributed by atoms with E-state index in [0.717, 1.165) is 12.3 Å². The van der Waals surface area contributed by atoms with Crippen molar-refractivity contribution in [1.82, 2.24) is 9.78 Å². The van der Waals surface area contributed by atoms with Crippen LogP contribution in [0.25, 0.3) is 16.8 Å². The van der Waals surface area contributed by atoms with E-state index in [2.05, 4.69) is 5.10 Å². The second-order valence-corrected chi connectivity index (χ2v) is 5.47. The molecule has 3 rings (SSSR count). The first-order valence-corrected chi connectivity index (χ1v) is 7.12. The SMILES string of the molecule is Nc1cnn(-c2cc(-c3cccc(Cl)c3)ccc2F)c1C(F)(F)F. The lowest BCUT2D eigenvalue weighted by atomic mass is 10.0. The number of halogens is 5. The Morgan fingerprint density at radius 1 is 1.04 bits per heavy atom. The van der Waals surface area contributed by atoms with Crippen molar-refractivity contribution >= 4 is 17.3 Å². The highest BCUT2D eigenvalue weighted by atomic mass is 35.5. The van der Waals surface area contributed by atoms with Crippen molar-refractivity contribution in [2.24, 2.45) is 0 Å². The second kappa shape index (κ2) is 5.83. The number of benzene rings is 2. The summed E-state index contributed by atoms with van der Waals surface area (Å²) >= 11 is 5.91. The van der Waals surface area contributed by atoms with E-state index in [1.54, 1.807) is 24.3 Å². The van der Waals surface area contributed by atoms with Gasteiger partial charge in [0.05, 0.1) is 11.9 Å². The zero-order valence-corrected chi connectivity index (χ0v) is 12.7. The summed E-state index contributed by atoms with van der Waals surface area (Å²) in [5.74, 6) is -0.852. The van der Waals surface area contributed by atoms with E-state index in [4.69, 9.17) is 17.3 Å². The highest BCUT2D eigenvalue weighted by Crippen LogP contribution is 2.36. The number of aromatic nitrogens is 2. The van der Waals surface area contributed by atoms with Crippen molar-refractivity contribution in [1.29, 1.82) is 0 Å². The van der Waals surface area contributed by atoms with Crippen molar-refractivity contribution in [3.05, 3.63) is 65.2 Å². The Bertz CT molecular complexity index is 903. The summed E-state index contributed by atoms with van der Waals surface area (Å²) in [4.78, 5) is 0. The minimum absolute atomic E-state index is 0.350. The number of nitrogen functional groups attached to an aromatic ring is 1. The van der Waals surface area contributed by atoms with Crippen LogP contribution in [0.5, 0.6) is 0 Å². The van der Waals surface area contributed by atoms with Gasteiger partial charge >= 0.3 is 6.18 Å². The molecule has 0 amide bonds. The molecule has 0 atom stereocenters. The highest BCUT2D eigenvalue weighted by Gasteiger charge is 2.38. The molecule has 2 N–H and O–H groups in total. The van der Waals surface area contributed by atoms with Gasteiger partial charge in [-0.1, -0.05) is 29.8 Å². The van der Waals surface area contributed by atoms with Crippen molar-refractivity contribution in [3.8, 4) is 16.8 Å². The molecule has 0 aliphatic carbocycles. The van der Waals surface area contributed by atoms with E-state index < -0.39 is 23.4 Å². The maximum atomic E-state index is 14.1. The molecule has 2 aromatic carbocycles. The van der Waals surface area contributed by atoms with Gasteiger partial charge in [0.15, 0.2) is 5.69 Å². The average molecular weight is 356 g/mol. The van der Waals surface area contributed by atoms with Crippen LogP contribution < -0.4 is 5.73 Å². The van der Waals surface area contributed by atoms with Crippen LogP contribution in [0.1, 0.15) is 5.69 Å². The molecule has 0 saturated heterocycles. The molecule has 8 heteroatoms. The number of hydrogen-bond acceptors (Lipinski definition) is 2. The Hall–Kier alpha value is -2.54. The molecular formula is C16H10ClF4N3. The summed E-state index contributed by atoms with van der Waals surface area (Å²) in [6.07, 6.45) is -3.92. The topological polar surface area (TPSA) is 43.8 Å². The minimum Gasteiger partial charge on any atom is -0.396 e. The monoisotopic (exact) mass is 355 g/mol. The summed E-state index contributed by atoms with van der Waals surface area (Å²) in [6.45, 7) is 0. The minimum atomic E-state index is -4.76. The van der Waals surface area contributed by atoms with E-state index >= 15 is 0 Å². The third-order valence-electron chi connectivity index (χ3n) is 3.40. The zero-order valence-electron chi connectivity index (χ0n) is 12.0. The second-order valence-electron chi connectivity index (χ2n) is 5.03. The van der Waals surface area contributed by atoms with Gasteiger partial charge in [-0.3, -0.25) is 0 Å². The Labute approximate surface area is 139 Å². The van der Waals surface area contributed by atoms with Crippen molar-refractivity contribution in [3.63, 3.8) is 0 Å². The lowest BCUT2D eigenvalue weighted by Crippen LogP contribution is -2.16. The van der Waals surface area contributed by atoms with Gasteiger partial charge in [-0.15, -0.1) is 0 Å². The third kappa shape index (κ3) is 2.94. The zero-order chi connectivity index (χ0) is 17.5. The molecule has 0 fully saturated rings. The van der Waals surface area contributed by atoms with Crippen LogP contribution in [0.2, 0.25) is 5.02 Å². The molecule has 0 aliphatic heterocycles. The van der Waals surface area contributed by atoms with Crippen molar-refractivity contribution in [2.45, 2.75) is 6.18 Å². The molecule has 1 aromatic heterocycles. The van der Waals surface area contributed by atoms with Crippen LogP contribution >= 0.6 is 11.6 Å². The fraction of sp³-hybridized carbons (Fsp3) is 0.0625. The summed E-state index contributed by atoms with van der Waals surface area (Å²) in [5, 5.41) is 4.03. The number of rotatable bonds is 2. The summed E-state index contributed by atoms with van der Waals surface area (Å²) < 4.78 is 54.1. The summed E-state index contributed by atoms with van der Waals surface area (Å²) in [7, 11) is 0. The Morgan fingerprint density at radius 3 is 2.42 bits per heavy atom. The van der Waals surface area contributed by atoms with Gasteiger partial charge in [0.1, 0.15) is 11.5 Å². The van der Waals surface area contributed by atoms with E-state index in [1.165, 1.54) is 12.1 Å². The first-order valence-electron chi connectivity index (χ1n) is 6.74. The third-order valence-corrected chi connectivity index (χ3v) is 3.63. The summed E-state index contributed by atoms with van der Waals surface area (Å²) in [6, 6.07) is 10.5. The number of nitrogens with two attached hydrogens (primary N) is 1. The first-order chi connectivity index (χ1) is 11.3. The van der Waals surface area contributed by atoms with Gasteiger partial charge in [-0.05, 0) is 35.4 Å². The van der Waals surface area contributed by atoms with Crippen LogP contribution in [-0.4, -0.2) is 9.78 Å². The van der Waals surface area contributed by atoms with Crippen LogP contribution in [0.4, 0.5) is 23.2 Å². The number of alkyl halides is 3. The summed E-state index contributed by atoms with van der Waals surface area (Å²) in [5.41, 5.74) is 4.33. The predicted octanol–water partition coefficient (Wildman–Crippen LogP) is 4.93. The molecule has 3 nitrogen and oxygen atoms in total. The molecule has 3 aromatic rings. The maximum absolute atomic E-state index is 14.1. The van der Waals surface area contributed by atoms with Gasteiger partial charge in [-0.2, -0.15) is 18.3 Å². The Morgan fingerprint density at radius 2 is 1.75 bits per heavy atom. The van der Waals surface area contributed by atoms with Crippen LogP contribution in [0.3, 0.4) is 0 Å². The Kier molecular flexibility index (Phi) is 3.96. The molecule has 0 bridgehead atoms. The fourth-order valence-electron chi connectivity index (χ4n) is 2.35. The molecule has 1 heterocycles. The van der Waals surface area contributed by atoms with Gasteiger partial charge < -0.3 is 5.73 Å². The lowest BCUT2D eigenvalue weighted by molar-refractivity contribution is -0.142. The molecular weight excluding hydrogens is 346 g/mol. The highest BCUT2D eigenvalue weighted by molar-refractivity contribution is 6.30. The normalized spacial score (nSPS) is 11.7. The number of hydrogen-bond donors (Lipinski definition) is 1. The van der Waals surface area contributed by atoms with Crippen LogP contribution in [0.15, 0.2) is 48.7 Å². The van der Waals surface area contributed by atoms with E-state index in [9.17, 15) is 17.6 Å². The van der Waals surface area contributed by atoms with Crippen LogP contribution in [-0.2, 0) is 6.18 Å². The molecule has 0 spiro atoms. The van der Waals surface area contributed by atoms with Gasteiger partial charge in [0.2, 0.25) is 0 Å². The van der Waals surface area contributed by atoms with Crippen LogP contribution in [0, 0.1) is 5.82 Å². The molecule has 0 radical (unpaired) electrons. The smallest absolute Gasteiger partial charge is 0.396 e. The van der Waals surface area contributed by atoms with E-state index in [1.807, 2.05) is 0 Å². The molecule has 0 saturated carbocycles. The number of nitrogens with zero attached hydrogens (tertiary/aromatic N) is 2.